The first-order chi connectivity index (χ1) is 9.99. The Kier molecular flexibility index (Phi) is 6.10. The molecular weight excluding hydrogens is 258 g/mol. The van der Waals surface area contributed by atoms with Gasteiger partial charge in [0.2, 0.25) is 0 Å². The molecule has 124 valence electrons. The van der Waals surface area contributed by atoms with E-state index in [1.165, 1.54) is 51.9 Å². The minimum atomic E-state index is 0.437. The smallest absolute Gasteiger partial charge is 0.0274 e. The Morgan fingerprint density at radius 3 is 2.38 bits per heavy atom. The van der Waals surface area contributed by atoms with Gasteiger partial charge in [0, 0.05) is 44.3 Å². The summed E-state index contributed by atoms with van der Waals surface area (Å²) in [5, 5.41) is 3.81. The molecule has 2 fully saturated rings. The van der Waals surface area contributed by atoms with Gasteiger partial charge in [-0.3, -0.25) is 9.80 Å². The first kappa shape index (κ1) is 17.2. The molecule has 3 nitrogen and oxygen atoms in total. The summed E-state index contributed by atoms with van der Waals surface area (Å²) in [6, 6.07) is 2.15. The molecule has 0 spiro atoms. The van der Waals surface area contributed by atoms with E-state index in [-0.39, 0.29) is 0 Å². The highest BCUT2D eigenvalue weighted by molar-refractivity contribution is 4.99. The zero-order valence-electron chi connectivity index (χ0n) is 15.0. The number of nitrogens with zero attached hydrogens (tertiary/aromatic N) is 2. The molecule has 1 N–H and O–H groups in total. The summed E-state index contributed by atoms with van der Waals surface area (Å²) in [6.45, 7) is 18.0. The topological polar surface area (TPSA) is 18.5 Å². The Morgan fingerprint density at radius 1 is 1.14 bits per heavy atom. The van der Waals surface area contributed by atoms with Crippen LogP contribution in [-0.2, 0) is 0 Å². The lowest BCUT2D eigenvalue weighted by molar-refractivity contribution is 0.0105. The highest BCUT2D eigenvalue weighted by Gasteiger charge is 2.41. The lowest BCUT2D eigenvalue weighted by Gasteiger charge is -2.51. The summed E-state index contributed by atoms with van der Waals surface area (Å²) in [5.41, 5.74) is 0.437. The summed E-state index contributed by atoms with van der Waals surface area (Å²) in [6.07, 6.45) is 5.42. The van der Waals surface area contributed by atoms with Gasteiger partial charge in [-0.05, 0) is 38.1 Å². The third-order valence-corrected chi connectivity index (χ3v) is 6.00. The van der Waals surface area contributed by atoms with Gasteiger partial charge in [-0.1, -0.05) is 34.1 Å². The molecule has 3 unspecified atom stereocenters. The van der Waals surface area contributed by atoms with Crippen molar-refractivity contribution in [1.29, 1.82) is 0 Å². The fraction of sp³-hybridized carbons (Fsp3) is 1.00. The summed E-state index contributed by atoms with van der Waals surface area (Å²) < 4.78 is 0. The molecule has 0 aromatic rings. The van der Waals surface area contributed by atoms with E-state index in [0.717, 1.165) is 18.6 Å². The van der Waals surface area contributed by atoms with Gasteiger partial charge in [0.1, 0.15) is 0 Å². The highest BCUT2D eigenvalue weighted by atomic mass is 15.3. The average molecular weight is 296 g/mol. The molecule has 0 amide bonds. The zero-order valence-corrected chi connectivity index (χ0v) is 15.0. The normalized spacial score (nSPS) is 33.0. The molecule has 3 heteroatoms. The van der Waals surface area contributed by atoms with Crippen LogP contribution in [0.3, 0.4) is 0 Å². The number of nitrogens with one attached hydrogen (secondary N) is 1. The maximum absolute atomic E-state index is 3.81. The average Bonchev–Trinajstić information content (AvgIpc) is 2.48. The van der Waals surface area contributed by atoms with Gasteiger partial charge in [-0.15, -0.1) is 0 Å². The molecule has 1 saturated carbocycles. The molecule has 0 radical (unpaired) electrons. The van der Waals surface area contributed by atoms with Crippen molar-refractivity contribution in [3.05, 3.63) is 0 Å². The Bertz CT molecular complexity index is 308. The third-order valence-electron chi connectivity index (χ3n) is 6.00. The van der Waals surface area contributed by atoms with Gasteiger partial charge < -0.3 is 5.32 Å². The van der Waals surface area contributed by atoms with Gasteiger partial charge in [0.15, 0.2) is 0 Å². The van der Waals surface area contributed by atoms with E-state index < -0.39 is 0 Å². The molecule has 1 heterocycles. The van der Waals surface area contributed by atoms with Crippen molar-refractivity contribution in [2.45, 2.75) is 78.4 Å². The number of likely N-dealkylation sites (N-methyl/N-ethyl adjacent to an activating group) is 1. The summed E-state index contributed by atoms with van der Waals surface area (Å²) >= 11 is 0. The van der Waals surface area contributed by atoms with Crippen LogP contribution in [0, 0.1) is 5.41 Å². The van der Waals surface area contributed by atoms with E-state index in [1.807, 2.05) is 0 Å². The van der Waals surface area contributed by atoms with E-state index >= 15 is 0 Å². The van der Waals surface area contributed by atoms with Crippen LogP contribution >= 0.6 is 0 Å². The lowest BCUT2D eigenvalue weighted by atomic mass is 9.70. The minimum absolute atomic E-state index is 0.437. The SMILES string of the molecule is CCNC1C(N2CCN(C(C)CC)CC2)CCCC1(C)C. The van der Waals surface area contributed by atoms with Gasteiger partial charge in [0.05, 0.1) is 0 Å². The van der Waals surface area contributed by atoms with Crippen LogP contribution in [0.1, 0.15) is 60.3 Å². The first-order valence-electron chi connectivity index (χ1n) is 9.21. The van der Waals surface area contributed by atoms with Crippen LogP contribution in [-0.4, -0.2) is 60.6 Å². The van der Waals surface area contributed by atoms with Crippen LogP contribution < -0.4 is 5.32 Å². The van der Waals surface area contributed by atoms with Gasteiger partial charge in [0.25, 0.3) is 0 Å². The van der Waals surface area contributed by atoms with Crippen LogP contribution in [0.25, 0.3) is 0 Å². The van der Waals surface area contributed by atoms with Crippen LogP contribution in [0.5, 0.6) is 0 Å². The van der Waals surface area contributed by atoms with E-state index in [0.29, 0.717) is 11.5 Å². The van der Waals surface area contributed by atoms with E-state index in [1.54, 1.807) is 0 Å². The monoisotopic (exact) mass is 295 g/mol. The Labute approximate surface area is 132 Å². The van der Waals surface area contributed by atoms with E-state index in [2.05, 4.69) is 49.7 Å². The molecule has 1 saturated heterocycles. The molecule has 0 aromatic carbocycles. The van der Waals surface area contributed by atoms with Crippen LogP contribution in [0.2, 0.25) is 0 Å². The predicted octanol–water partition coefficient (Wildman–Crippen LogP) is 2.96. The summed E-state index contributed by atoms with van der Waals surface area (Å²) in [7, 11) is 0. The predicted molar refractivity (Wildman–Crippen MR) is 91.8 cm³/mol. The number of piperazine rings is 1. The van der Waals surface area contributed by atoms with Crippen molar-refractivity contribution < 1.29 is 0 Å². The van der Waals surface area contributed by atoms with Crippen molar-refractivity contribution in [1.82, 2.24) is 15.1 Å². The Morgan fingerprint density at radius 2 is 1.81 bits per heavy atom. The minimum Gasteiger partial charge on any atom is -0.312 e. The first-order valence-corrected chi connectivity index (χ1v) is 9.21. The fourth-order valence-electron chi connectivity index (χ4n) is 4.40. The van der Waals surface area contributed by atoms with E-state index in [9.17, 15) is 0 Å². The van der Waals surface area contributed by atoms with E-state index in [4.69, 9.17) is 0 Å². The van der Waals surface area contributed by atoms with Crippen molar-refractivity contribution in [3.63, 3.8) is 0 Å². The van der Waals surface area contributed by atoms with Crippen LogP contribution in [0.15, 0.2) is 0 Å². The number of hydrogen-bond acceptors (Lipinski definition) is 3. The van der Waals surface area contributed by atoms with Crippen molar-refractivity contribution >= 4 is 0 Å². The number of rotatable bonds is 5. The van der Waals surface area contributed by atoms with Gasteiger partial charge >= 0.3 is 0 Å². The fourth-order valence-corrected chi connectivity index (χ4v) is 4.40. The van der Waals surface area contributed by atoms with Gasteiger partial charge in [-0.2, -0.15) is 0 Å². The van der Waals surface area contributed by atoms with Crippen molar-refractivity contribution in [3.8, 4) is 0 Å². The number of hydrogen-bond donors (Lipinski definition) is 1. The maximum atomic E-state index is 3.81. The molecule has 2 aliphatic rings. The molecule has 0 aromatic heterocycles. The zero-order chi connectivity index (χ0) is 15.5. The van der Waals surface area contributed by atoms with Crippen molar-refractivity contribution in [2.24, 2.45) is 5.41 Å². The Hall–Kier alpha value is -0.120. The second-order valence-corrected chi connectivity index (χ2v) is 7.81. The molecule has 3 atom stereocenters. The highest BCUT2D eigenvalue weighted by Crippen LogP contribution is 2.38. The molecule has 1 aliphatic heterocycles. The maximum Gasteiger partial charge on any atom is 0.0274 e. The quantitative estimate of drug-likeness (QED) is 0.841. The summed E-state index contributed by atoms with van der Waals surface area (Å²) in [5.74, 6) is 0. The standard InChI is InChI=1S/C18H37N3/c1-6-15(3)20-11-13-21(14-12-20)16-9-8-10-18(4,5)17(16)19-7-2/h15-17,19H,6-14H2,1-5H3. The van der Waals surface area contributed by atoms with Crippen LogP contribution in [0.4, 0.5) is 0 Å². The van der Waals surface area contributed by atoms with Crippen molar-refractivity contribution in [2.75, 3.05) is 32.7 Å². The second-order valence-electron chi connectivity index (χ2n) is 7.81. The Balaban J connectivity index is 1.97. The van der Waals surface area contributed by atoms with Gasteiger partial charge in [-0.25, -0.2) is 0 Å². The second kappa shape index (κ2) is 7.43. The largest absolute Gasteiger partial charge is 0.312 e. The lowest BCUT2D eigenvalue weighted by Crippen LogP contribution is -2.62. The summed E-state index contributed by atoms with van der Waals surface area (Å²) in [4.78, 5) is 5.46. The third kappa shape index (κ3) is 4.00. The molecular formula is C18H37N3. The molecule has 0 bridgehead atoms. The molecule has 1 aliphatic carbocycles. The molecule has 21 heavy (non-hydrogen) atoms. The molecule has 2 rings (SSSR count).